The molecule has 3 unspecified atom stereocenters. The summed E-state index contributed by atoms with van der Waals surface area (Å²) in [6, 6.07) is 13.5. The van der Waals surface area contributed by atoms with Crippen molar-refractivity contribution in [2.45, 2.75) is 75.8 Å². The number of unbranched alkanes of at least 4 members (excludes halogenated alkanes) is 2. The number of fused-ring (bicyclic) bond motifs is 1. The molecule has 1 saturated carbocycles. The Kier molecular flexibility index (Phi) is 6.76. The van der Waals surface area contributed by atoms with Gasteiger partial charge >= 0.3 is 0 Å². The van der Waals surface area contributed by atoms with Crippen LogP contribution in [0.5, 0.6) is 0 Å². The number of hydrogen-bond acceptors (Lipinski definition) is 6. The number of benzene rings is 1. The number of thioether (sulfide) groups is 2. The fourth-order valence-corrected chi connectivity index (χ4v) is 8.43. The van der Waals surface area contributed by atoms with Crippen LogP contribution in [-0.4, -0.2) is 21.5 Å². The van der Waals surface area contributed by atoms with Crippen LogP contribution in [0.2, 0.25) is 0 Å². The number of nitrogens with two attached hydrogens (primary N) is 1. The van der Waals surface area contributed by atoms with Crippen LogP contribution in [0.4, 0.5) is 0 Å². The fraction of sp³-hybridized carbons (Fsp3) is 0.640. The van der Waals surface area contributed by atoms with Crippen molar-refractivity contribution in [2.24, 2.45) is 21.6 Å². The van der Waals surface area contributed by atoms with Gasteiger partial charge in [0.2, 0.25) is 0 Å². The summed E-state index contributed by atoms with van der Waals surface area (Å²) in [5.74, 6) is 1.92. The smallest absolute Gasteiger partial charge is 0.175 e. The summed E-state index contributed by atoms with van der Waals surface area (Å²) in [5.41, 5.74) is 6.82. The second-order valence-corrected chi connectivity index (χ2v) is 12.5. The van der Waals surface area contributed by atoms with Crippen molar-refractivity contribution in [2.75, 3.05) is 11.5 Å². The van der Waals surface area contributed by atoms with E-state index in [-0.39, 0.29) is 11.3 Å². The minimum atomic E-state index is -1.04. The van der Waals surface area contributed by atoms with Crippen LogP contribution < -0.4 is 5.73 Å². The maximum absolute atomic E-state index is 10.6. The first-order valence-electron chi connectivity index (χ1n) is 11.3. The Hall–Kier alpha value is -1.63. The van der Waals surface area contributed by atoms with Gasteiger partial charge in [-0.25, -0.2) is 4.99 Å². The monoisotopic (exact) mass is 454 g/mol. The van der Waals surface area contributed by atoms with Crippen LogP contribution in [0, 0.1) is 33.5 Å². The van der Waals surface area contributed by atoms with E-state index in [4.69, 9.17) is 10.7 Å². The van der Waals surface area contributed by atoms with Gasteiger partial charge in [0.15, 0.2) is 4.20 Å². The van der Waals surface area contributed by atoms with Gasteiger partial charge in [-0.05, 0) is 40.9 Å². The van der Waals surface area contributed by atoms with Gasteiger partial charge in [0.1, 0.15) is 16.7 Å². The Bertz CT molecular complexity index is 909. The van der Waals surface area contributed by atoms with E-state index in [1.807, 2.05) is 0 Å². The predicted octanol–water partition coefficient (Wildman–Crippen LogP) is 6.19. The standard InChI is InChI=1S/C25H34N4S2/c1-6-8-14-30-25(31-15-9-7-2)24(17-27)20(23(24,16-26)21(28)29-25)18-10-12-19(13-11-18)22(3,4)5/h10-13,20H,6-9,14-15H2,1-5H3,(H2,28,29). The largest absolute Gasteiger partial charge is 0.386 e. The van der Waals surface area contributed by atoms with Gasteiger partial charge in [-0.3, -0.25) is 0 Å². The fourth-order valence-electron chi connectivity index (χ4n) is 4.74. The molecule has 166 valence electrons. The molecule has 1 aliphatic carbocycles. The van der Waals surface area contributed by atoms with Crippen LogP contribution in [0.1, 0.15) is 77.3 Å². The Morgan fingerprint density at radius 3 is 1.97 bits per heavy atom. The Morgan fingerprint density at radius 2 is 1.55 bits per heavy atom. The lowest BCUT2D eigenvalue weighted by molar-refractivity contribution is 0.562. The molecule has 0 aromatic heterocycles. The molecule has 1 aliphatic heterocycles. The molecule has 1 heterocycles. The lowest BCUT2D eigenvalue weighted by Crippen LogP contribution is -2.32. The van der Waals surface area contributed by atoms with E-state index < -0.39 is 15.0 Å². The van der Waals surface area contributed by atoms with Crippen molar-refractivity contribution in [1.82, 2.24) is 0 Å². The average molecular weight is 455 g/mol. The van der Waals surface area contributed by atoms with Gasteiger partial charge < -0.3 is 5.73 Å². The first kappa shape index (κ1) is 24.0. The molecule has 4 nitrogen and oxygen atoms in total. The van der Waals surface area contributed by atoms with E-state index in [1.165, 1.54) is 5.56 Å². The van der Waals surface area contributed by atoms with E-state index in [9.17, 15) is 10.5 Å². The molecule has 1 aromatic carbocycles. The van der Waals surface area contributed by atoms with Gasteiger partial charge in [-0.1, -0.05) is 71.7 Å². The average Bonchev–Trinajstić information content (AvgIpc) is 3.32. The normalized spacial score (nSPS) is 28.4. The van der Waals surface area contributed by atoms with E-state index in [2.05, 4.69) is 71.0 Å². The van der Waals surface area contributed by atoms with Gasteiger partial charge in [-0.2, -0.15) is 10.5 Å². The molecule has 3 atom stereocenters. The van der Waals surface area contributed by atoms with Crippen LogP contribution in [0.15, 0.2) is 29.3 Å². The maximum Gasteiger partial charge on any atom is 0.175 e. The van der Waals surface area contributed by atoms with Crippen molar-refractivity contribution >= 4 is 29.4 Å². The SMILES string of the molecule is CCCCSC1(SCCCC)N=C(N)C2(C#N)C(c3ccc(C(C)(C)C)cc3)C12C#N. The lowest BCUT2D eigenvalue weighted by Gasteiger charge is -2.32. The summed E-state index contributed by atoms with van der Waals surface area (Å²) in [6.45, 7) is 10.9. The molecule has 0 bridgehead atoms. The molecule has 2 aliphatic rings. The third-order valence-corrected chi connectivity index (χ3v) is 9.93. The highest BCUT2D eigenvalue weighted by molar-refractivity contribution is 8.18. The highest BCUT2D eigenvalue weighted by Gasteiger charge is 2.91. The van der Waals surface area contributed by atoms with E-state index >= 15 is 0 Å². The van der Waals surface area contributed by atoms with Gasteiger partial charge in [0.05, 0.1) is 12.1 Å². The molecular weight excluding hydrogens is 420 g/mol. The summed E-state index contributed by atoms with van der Waals surface area (Å²) >= 11 is 3.45. The van der Waals surface area contributed by atoms with E-state index in [0.29, 0.717) is 5.84 Å². The topological polar surface area (TPSA) is 86.0 Å². The van der Waals surface area contributed by atoms with Crippen molar-refractivity contribution in [3.63, 3.8) is 0 Å². The molecular formula is C25H34N4S2. The van der Waals surface area contributed by atoms with E-state index in [1.54, 1.807) is 23.5 Å². The Morgan fingerprint density at radius 1 is 1.00 bits per heavy atom. The van der Waals surface area contributed by atoms with Gasteiger partial charge in [0.25, 0.3) is 0 Å². The lowest BCUT2D eigenvalue weighted by atomic mass is 9.86. The van der Waals surface area contributed by atoms with Crippen LogP contribution in [0.25, 0.3) is 0 Å². The molecule has 0 amide bonds. The van der Waals surface area contributed by atoms with Crippen LogP contribution >= 0.6 is 23.5 Å². The number of rotatable bonds is 9. The third-order valence-electron chi connectivity index (χ3n) is 6.63. The quantitative estimate of drug-likeness (QED) is 0.355. The molecule has 31 heavy (non-hydrogen) atoms. The summed E-state index contributed by atoms with van der Waals surface area (Å²) in [7, 11) is 0. The summed E-state index contributed by atoms with van der Waals surface area (Å²) < 4.78 is -0.723. The minimum absolute atomic E-state index is 0.0496. The number of nitriles is 2. The minimum Gasteiger partial charge on any atom is -0.386 e. The van der Waals surface area contributed by atoms with Gasteiger partial charge in [0, 0.05) is 5.92 Å². The highest BCUT2D eigenvalue weighted by Crippen LogP contribution is 2.85. The van der Waals surface area contributed by atoms with E-state index in [0.717, 1.165) is 42.8 Å². The Labute approximate surface area is 196 Å². The van der Waals surface area contributed by atoms with Crippen molar-refractivity contribution in [3.8, 4) is 12.1 Å². The van der Waals surface area contributed by atoms with Crippen molar-refractivity contribution in [1.29, 1.82) is 10.5 Å². The summed E-state index contributed by atoms with van der Waals surface area (Å²) in [4.78, 5) is 4.89. The molecule has 3 rings (SSSR count). The number of amidine groups is 1. The second-order valence-electron chi connectivity index (χ2n) is 9.63. The maximum atomic E-state index is 10.6. The summed E-state index contributed by atoms with van der Waals surface area (Å²) in [5, 5.41) is 20.9. The summed E-state index contributed by atoms with van der Waals surface area (Å²) in [6.07, 6.45) is 4.29. The molecule has 1 aromatic rings. The predicted molar refractivity (Wildman–Crippen MR) is 133 cm³/mol. The number of hydrogen-bond donors (Lipinski definition) is 1. The second kappa shape index (κ2) is 8.72. The zero-order valence-electron chi connectivity index (χ0n) is 19.4. The number of nitrogens with zero attached hydrogens (tertiary/aromatic N) is 3. The first-order chi connectivity index (χ1) is 14.7. The first-order valence-corrected chi connectivity index (χ1v) is 13.2. The van der Waals surface area contributed by atoms with Gasteiger partial charge in [-0.15, -0.1) is 23.5 Å². The Balaban J connectivity index is 2.07. The number of aliphatic imine (C=N–C) groups is 1. The molecule has 6 heteroatoms. The molecule has 0 saturated heterocycles. The molecule has 1 fully saturated rings. The van der Waals surface area contributed by atoms with Crippen LogP contribution in [0.3, 0.4) is 0 Å². The third kappa shape index (κ3) is 3.47. The zero-order valence-corrected chi connectivity index (χ0v) is 21.0. The zero-order chi connectivity index (χ0) is 22.9. The molecule has 2 N–H and O–H groups in total. The molecule has 0 radical (unpaired) electrons. The molecule has 0 spiro atoms. The van der Waals surface area contributed by atoms with Crippen molar-refractivity contribution in [3.05, 3.63) is 35.4 Å². The van der Waals surface area contributed by atoms with Crippen LogP contribution in [-0.2, 0) is 5.41 Å². The van der Waals surface area contributed by atoms with Crippen molar-refractivity contribution < 1.29 is 0 Å². The highest BCUT2D eigenvalue weighted by atomic mass is 32.2.